The number of aliphatic imine (C=N–C) groups is 1. The van der Waals surface area contributed by atoms with Crippen molar-refractivity contribution in [3.05, 3.63) is 59.7 Å². The Hall–Kier alpha value is -4.10. The van der Waals surface area contributed by atoms with Crippen molar-refractivity contribution < 1.29 is 45.5 Å². The van der Waals surface area contributed by atoms with Gasteiger partial charge in [-0.3, -0.25) is 14.4 Å². The molecule has 2 aromatic carbocycles. The highest BCUT2D eigenvalue weighted by atomic mass is 19.4. The van der Waals surface area contributed by atoms with Gasteiger partial charge in [0.05, 0.1) is 18.5 Å². The molecule has 2 aromatic rings. The number of hydrogen-bond donors (Lipinski definition) is 3. The Morgan fingerprint density at radius 3 is 2.10 bits per heavy atom. The van der Waals surface area contributed by atoms with E-state index in [1.807, 2.05) is 0 Å². The third kappa shape index (κ3) is 8.20. The molecule has 3 atom stereocenters. The molecule has 3 unspecified atom stereocenters. The van der Waals surface area contributed by atoms with Gasteiger partial charge in [0.2, 0.25) is 18.0 Å². The van der Waals surface area contributed by atoms with Crippen molar-refractivity contribution >= 4 is 29.1 Å². The van der Waals surface area contributed by atoms with Gasteiger partial charge in [0.25, 0.3) is 5.91 Å². The van der Waals surface area contributed by atoms with Crippen LogP contribution in [0, 0.1) is 11.8 Å². The molecule has 216 valence electrons. The first-order valence-electron chi connectivity index (χ1n) is 12.0. The molecule has 3 rings (SSSR count). The number of hydrogen-bond acceptors (Lipinski definition) is 5. The van der Waals surface area contributed by atoms with Gasteiger partial charge >= 0.3 is 12.4 Å². The molecule has 40 heavy (non-hydrogen) atoms. The minimum absolute atomic E-state index is 0.234. The van der Waals surface area contributed by atoms with E-state index in [9.17, 15) is 40.7 Å². The lowest BCUT2D eigenvalue weighted by atomic mass is 9.83. The lowest BCUT2D eigenvalue weighted by Crippen LogP contribution is -2.48. The predicted molar refractivity (Wildman–Crippen MR) is 132 cm³/mol. The fourth-order valence-corrected chi connectivity index (χ4v) is 4.27. The molecule has 1 aliphatic heterocycles. The summed E-state index contributed by atoms with van der Waals surface area (Å²) in [6, 6.07) is 13.0. The first-order valence-corrected chi connectivity index (χ1v) is 12.0. The second-order valence-electron chi connectivity index (χ2n) is 9.08. The SMILES string of the molecule is COc1ccc(C2=NC(NC(=O)C(CCC(F)(F)F)C(CCC(F)(F)F)C(N)=O)C(=O)Nc3ccccc32)cc1. The van der Waals surface area contributed by atoms with Gasteiger partial charge in [-0.1, -0.05) is 18.2 Å². The Morgan fingerprint density at radius 1 is 0.975 bits per heavy atom. The van der Waals surface area contributed by atoms with E-state index in [4.69, 9.17) is 10.5 Å². The van der Waals surface area contributed by atoms with Crippen LogP contribution in [0.15, 0.2) is 53.5 Å². The van der Waals surface area contributed by atoms with Crippen LogP contribution in [0.4, 0.5) is 32.0 Å². The van der Waals surface area contributed by atoms with Gasteiger partial charge in [-0.05, 0) is 43.2 Å². The van der Waals surface area contributed by atoms with Crippen molar-refractivity contribution in [3.63, 3.8) is 0 Å². The summed E-state index contributed by atoms with van der Waals surface area (Å²) < 4.78 is 82.8. The number of anilines is 1. The fraction of sp³-hybridized carbons (Fsp3) is 0.385. The number of carbonyl (C=O) groups is 3. The van der Waals surface area contributed by atoms with Crippen molar-refractivity contribution in [2.45, 2.75) is 44.2 Å². The van der Waals surface area contributed by atoms with Crippen LogP contribution in [-0.2, 0) is 14.4 Å². The summed E-state index contributed by atoms with van der Waals surface area (Å²) in [7, 11) is 1.46. The number of fused-ring (bicyclic) bond motifs is 1. The average molecular weight is 573 g/mol. The normalized spacial score (nSPS) is 17.0. The quantitative estimate of drug-likeness (QED) is 0.367. The van der Waals surface area contributed by atoms with E-state index in [1.54, 1.807) is 48.5 Å². The number of para-hydroxylation sites is 1. The molecule has 1 aliphatic rings. The molecule has 0 spiro atoms. The minimum atomic E-state index is -4.77. The zero-order chi connectivity index (χ0) is 29.7. The Kier molecular flexibility index (Phi) is 9.43. The Bertz CT molecular complexity index is 1260. The van der Waals surface area contributed by atoms with Crippen LogP contribution in [0.25, 0.3) is 0 Å². The molecule has 0 radical (unpaired) electrons. The highest BCUT2D eigenvalue weighted by Gasteiger charge is 2.40. The van der Waals surface area contributed by atoms with Crippen LogP contribution in [0.2, 0.25) is 0 Å². The van der Waals surface area contributed by atoms with Crippen LogP contribution in [-0.4, -0.2) is 49.1 Å². The number of ether oxygens (including phenoxy) is 1. The second kappa shape index (κ2) is 12.4. The molecule has 14 heteroatoms. The Morgan fingerprint density at radius 2 is 1.55 bits per heavy atom. The first-order chi connectivity index (χ1) is 18.7. The largest absolute Gasteiger partial charge is 0.497 e. The number of alkyl halides is 6. The zero-order valence-electron chi connectivity index (χ0n) is 21.1. The highest BCUT2D eigenvalue weighted by molar-refractivity contribution is 6.19. The standard InChI is InChI=1S/C26H26F6N4O4/c1-40-15-8-6-14(7-9-15)20-18-4-2-3-5-19(18)34-24(39)22(35-20)36-23(38)17(11-13-26(30,31)32)16(21(33)37)10-12-25(27,28)29/h2-9,16-17,22H,10-13H2,1H3,(H2,33,37)(H,34,39)(H,36,38). The van der Waals surface area contributed by atoms with Crippen molar-refractivity contribution in [3.8, 4) is 5.75 Å². The molecular weight excluding hydrogens is 546 g/mol. The van der Waals surface area contributed by atoms with Crippen molar-refractivity contribution in [1.29, 1.82) is 0 Å². The van der Waals surface area contributed by atoms with Crippen LogP contribution >= 0.6 is 0 Å². The maximum atomic E-state index is 13.2. The number of benzene rings is 2. The van der Waals surface area contributed by atoms with Gasteiger partial charge in [0, 0.05) is 35.8 Å². The van der Waals surface area contributed by atoms with Crippen LogP contribution < -0.4 is 21.1 Å². The maximum absolute atomic E-state index is 13.2. The molecule has 4 N–H and O–H groups in total. The molecule has 0 fully saturated rings. The molecule has 0 saturated heterocycles. The second-order valence-corrected chi connectivity index (χ2v) is 9.08. The summed E-state index contributed by atoms with van der Waals surface area (Å²) >= 11 is 0. The number of nitrogens with zero attached hydrogens (tertiary/aromatic N) is 1. The molecule has 8 nitrogen and oxygen atoms in total. The summed E-state index contributed by atoms with van der Waals surface area (Å²) in [4.78, 5) is 42.6. The van der Waals surface area contributed by atoms with E-state index in [1.165, 1.54) is 7.11 Å². The number of primary amides is 1. The Balaban J connectivity index is 1.98. The van der Waals surface area contributed by atoms with E-state index < -0.39 is 73.8 Å². The third-order valence-electron chi connectivity index (χ3n) is 6.25. The van der Waals surface area contributed by atoms with Crippen LogP contribution in [0.1, 0.15) is 36.8 Å². The lowest BCUT2D eigenvalue weighted by Gasteiger charge is -2.26. The van der Waals surface area contributed by atoms with Gasteiger partial charge in [-0.25, -0.2) is 4.99 Å². The summed E-state index contributed by atoms with van der Waals surface area (Å²) in [5.74, 6) is -6.75. The topological polar surface area (TPSA) is 123 Å². The summed E-state index contributed by atoms with van der Waals surface area (Å²) in [5.41, 5.74) is 6.75. The average Bonchev–Trinajstić information content (AvgIpc) is 3.00. The van der Waals surface area contributed by atoms with Gasteiger partial charge in [0.1, 0.15) is 5.75 Å². The summed E-state index contributed by atoms with van der Waals surface area (Å²) in [6.45, 7) is 0. The number of benzodiazepines with no additional fused rings is 1. The molecule has 0 aliphatic carbocycles. The summed E-state index contributed by atoms with van der Waals surface area (Å²) in [5, 5.41) is 4.79. The molecular formula is C26H26F6N4O4. The zero-order valence-corrected chi connectivity index (χ0v) is 21.1. The van der Waals surface area contributed by atoms with Gasteiger partial charge in [-0.2, -0.15) is 26.3 Å². The number of carbonyl (C=O) groups excluding carboxylic acids is 3. The molecule has 0 saturated carbocycles. The Labute approximate surface area is 225 Å². The van der Waals surface area contributed by atoms with E-state index in [0.717, 1.165) is 0 Å². The molecule has 1 heterocycles. The van der Waals surface area contributed by atoms with Gasteiger partial charge < -0.3 is 21.1 Å². The minimum Gasteiger partial charge on any atom is -0.497 e. The highest BCUT2D eigenvalue weighted by Crippen LogP contribution is 2.33. The molecule has 3 amide bonds. The molecule has 0 aromatic heterocycles. The van der Waals surface area contributed by atoms with E-state index in [2.05, 4.69) is 15.6 Å². The summed E-state index contributed by atoms with van der Waals surface area (Å²) in [6.07, 6.45) is -16.3. The van der Waals surface area contributed by atoms with Crippen LogP contribution in [0.3, 0.4) is 0 Å². The van der Waals surface area contributed by atoms with Crippen molar-refractivity contribution in [2.75, 3.05) is 12.4 Å². The number of halogens is 6. The molecule has 0 bridgehead atoms. The number of rotatable bonds is 10. The van der Waals surface area contributed by atoms with Gasteiger partial charge in [-0.15, -0.1) is 0 Å². The predicted octanol–water partition coefficient (Wildman–Crippen LogP) is 4.33. The number of amides is 3. The van der Waals surface area contributed by atoms with E-state index in [0.29, 0.717) is 22.6 Å². The number of nitrogens with two attached hydrogens (primary N) is 1. The fourth-order valence-electron chi connectivity index (χ4n) is 4.27. The number of nitrogens with one attached hydrogen (secondary N) is 2. The van der Waals surface area contributed by atoms with Crippen molar-refractivity contribution in [2.24, 2.45) is 22.6 Å². The van der Waals surface area contributed by atoms with E-state index in [-0.39, 0.29) is 5.71 Å². The lowest BCUT2D eigenvalue weighted by molar-refractivity contribution is -0.152. The van der Waals surface area contributed by atoms with Gasteiger partial charge in [0.15, 0.2) is 0 Å². The third-order valence-corrected chi connectivity index (χ3v) is 6.25. The smallest absolute Gasteiger partial charge is 0.389 e. The first kappa shape index (κ1) is 30.4. The van der Waals surface area contributed by atoms with E-state index >= 15 is 0 Å². The van der Waals surface area contributed by atoms with Crippen molar-refractivity contribution in [1.82, 2.24) is 5.32 Å². The van der Waals surface area contributed by atoms with Crippen LogP contribution in [0.5, 0.6) is 5.75 Å². The monoisotopic (exact) mass is 572 g/mol. The maximum Gasteiger partial charge on any atom is 0.389 e. The number of methoxy groups -OCH3 is 1.